The molecule has 3 nitrogen and oxygen atoms in total. The van der Waals surface area contributed by atoms with Crippen molar-refractivity contribution in [3.8, 4) is 0 Å². The Kier molecular flexibility index (Phi) is 6.12. The largest absolute Gasteiger partial charge is 0.344 e. The number of aromatic nitrogens is 1. The summed E-state index contributed by atoms with van der Waals surface area (Å²) in [6.45, 7) is 2.29. The summed E-state index contributed by atoms with van der Waals surface area (Å²) < 4.78 is 2.60. The van der Waals surface area contributed by atoms with Crippen LogP contribution in [0.4, 0.5) is 0 Å². The number of aryl methyl sites for hydroxylation is 1. The number of para-hydroxylation sites is 1. The van der Waals surface area contributed by atoms with Crippen molar-refractivity contribution < 1.29 is 0 Å². The SMILES string of the molecule is CN(C)CCCn1c2c(c3ccccc31)CC(N(C)C)CC2.Cl. The van der Waals surface area contributed by atoms with Gasteiger partial charge in [-0.2, -0.15) is 0 Å². The number of likely N-dealkylation sites (N-methyl/N-ethyl adjacent to an activating group) is 1. The molecule has 0 spiro atoms. The third-order valence-electron chi connectivity index (χ3n) is 5.07. The Hall–Kier alpha value is -1.03. The Morgan fingerprint density at radius 3 is 2.57 bits per heavy atom. The van der Waals surface area contributed by atoms with Crippen molar-refractivity contribution in [2.24, 2.45) is 0 Å². The first-order valence-corrected chi connectivity index (χ1v) is 8.48. The maximum atomic E-state index is 2.60. The maximum absolute atomic E-state index is 2.60. The normalized spacial score (nSPS) is 17.6. The van der Waals surface area contributed by atoms with Gasteiger partial charge in [0.05, 0.1) is 0 Å². The maximum Gasteiger partial charge on any atom is 0.0485 e. The van der Waals surface area contributed by atoms with Crippen molar-refractivity contribution in [1.82, 2.24) is 14.4 Å². The molecule has 1 unspecified atom stereocenters. The lowest BCUT2D eigenvalue weighted by molar-refractivity contribution is 0.266. The molecule has 3 rings (SSSR count). The fraction of sp³-hybridized carbons (Fsp3) is 0.579. The molecule has 4 heteroatoms. The van der Waals surface area contributed by atoms with Gasteiger partial charge >= 0.3 is 0 Å². The summed E-state index contributed by atoms with van der Waals surface area (Å²) >= 11 is 0. The second kappa shape index (κ2) is 7.69. The van der Waals surface area contributed by atoms with Crippen molar-refractivity contribution in [3.05, 3.63) is 35.5 Å². The molecule has 0 fully saturated rings. The Labute approximate surface area is 146 Å². The minimum absolute atomic E-state index is 0. The van der Waals surface area contributed by atoms with Crippen LogP contribution in [0.15, 0.2) is 24.3 Å². The summed E-state index contributed by atoms with van der Waals surface area (Å²) in [5.41, 5.74) is 4.63. The van der Waals surface area contributed by atoms with E-state index >= 15 is 0 Å². The number of hydrogen-bond acceptors (Lipinski definition) is 2. The molecule has 0 aliphatic heterocycles. The molecule has 1 aromatic heterocycles. The first-order valence-electron chi connectivity index (χ1n) is 8.48. The second-order valence-electron chi connectivity index (χ2n) is 7.11. The molecule has 0 radical (unpaired) electrons. The first kappa shape index (κ1) is 18.3. The molecule has 1 aliphatic carbocycles. The predicted molar refractivity (Wildman–Crippen MR) is 102 cm³/mol. The number of fused-ring (bicyclic) bond motifs is 3. The lowest BCUT2D eigenvalue weighted by Crippen LogP contribution is -2.33. The van der Waals surface area contributed by atoms with Gasteiger partial charge in [0.25, 0.3) is 0 Å². The zero-order chi connectivity index (χ0) is 15.7. The molecule has 2 aromatic rings. The van der Waals surface area contributed by atoms with Crippen LogP contribution < -0.4 is 0 Å². The van der Waals surface area contributed by atoms with Gasteiger partial charge in [0, 0.05) is 29.2 Å². The van der Waals surface area contributed by atoms with Crippen LogP contribution in [0.1, 0.15) is 24.1 Å². The number of hydrogen-bond donors (Lipinski definition) is 0. The van der Waals surface area contributed by atoms with E-state index in [0.717, 1.165) is 13.1 Å². The van der Waals surface area contributed by atoms with E-state index in [4.69, 9.17) is 0 Å². The van der Waals surface area contributed by atoms with E-state index in [1.54, 1.807) is 11.3 Å². The fourth-order valence-electron chi connectivity index (χ4n) is 3.82. The third kappa shape index (κ3) is 3.73. The van der Waals surface area contributed by atoms with Crippen LogP contribution in [-0.4, -0.2) is 55.1 Å². The minimum Gasteiger partial charge on any atom is -0.344 e. The van der Waals surface area contributed by atoms with E-state index < -0.39 is 0 Å². The standard InChI is InChI=1S/C19H29N3.ClH/c1-20(2)12-7-13-22-18-9-6-5-8-16(18)17-14-15(21(3)4)10-11-19(17)22;/h5-6,8-9,15H,7,10-14H2,1-4H3;1H. The van der Waals surface area contributed by atoms with E-state index in [2.05, 4.69) is 66.8 Å². The van der Waals surface area contributed by atoms with Crippen LogP contribution in [-0.2, 0) is 19.4 Å². The van der Waals surface area contributed by atoms with Crippen LogP contribution in [0.2, 0.25) is 0 Å². The molecule has 1 aromatic carbocycles. The number of benzene rings is 1. The fourth-order valence-corrected chi connectivity index (χ4v) is 3.82. The topological polar surface area (TPSA) is 11.4 Å². The van der Waals surface area contributed by atoms with E-state index in [1.165, 1.54) is 36.6 Å². The first-order chi connectivity index (χ1) is 10.6. The summed E-state index contributed by atoms with van der Waals surface area (Å²) in [6, 6.07) is 9.67. The number of halogens is 1. The lowest BCUT2D eigenvalue weighted by Gasteiger charge is -2.29. The summed E-state index contributed by atoms with van der Waals surface area (Å²) in [6.07, 6.45) is 4.91. The van der Waals surface area contributed by atoms with E-state index in [1.807, 2.05) is 0 Å². The van der Waals surface area contributed by atoms with Gasteiger partial charge in [0.15, 0.2) is 0 Å². The second-order valence-corrected chi connectivity index (χ2v) is 7.11. The number of nitrogens with zero attached hydrogens (tertiary/aromatic N) is 3. The monoisotopic (exact) mass is 335 g/mol. The molecule has 23 heavy (non-hydrogen) atoms. The van der Waals surface area contributed by atoms with E-state index in [9.17, 15) is 0 Å². The minimum atomic E-state index is 0. The molecule has 0 saturated heterocycles. The molecule has 1 heterocycles. The zero-order valence-corrected chi connectivity index (χ0v) is 15.7. The van der Waals surface area contributed by atoms with Crippen molar-refractivity contribution in [3.63, 3.8) is 0 Å². The molecular formula is C19H30ClN3. The van der Waals surface area contributed by atoms with Gasteiger partial charge in [-0.3, -0.25) is 0 Å². The number of rotatable bonds is 5. The van der Waals surface area contributed by atoms with Gasteiger partial charge in [-0.05, 0) is 72.0 Å². The molecular weight excluding hydrogens is 306 g/mol. The molecule has 128 valence electrons. The Bertz CT molecular complexity index is 645. The molecule has 0 bridgehead atoms. The highest BCUT2D eigenvalue weighted by atomic mass is 35.5. The van der Waals surface area contributed by atoms with Crippen LogP contribution in [0, 0.1) is 0 Å². The van der Waals surface area contributed by atoms with Crippen molar-refractivity contribution >= 4 is 23.3 Å². The molecule has 0 amide bonds. The van der Waals surface area contributed by atoms with Gasteiger partial charge in [-0.15, -0.1) is 12.4 Å². The zero-order valence-electron chi connectivity index (χ0n) is 14.9. The van der Waals surface area contributed by atoms with Gasteiger partial charge in [0.2, 0.25) is 0 Å². The van der Waals surface area contributed by atoms with E-state index in [0.29, 0.717) is 6.04 Å². The Balaban J connectivity index is 0.00000192. The summed E-state index contributed by atoms with van der Waals surface area (Å²) in [5.74, 6) is 0. The Morgan fingerprint density at radius 2 is 1.87 bits per heavy atom. The highest BCUT2D eigenvalue weighted by Gasteiger charge is 2.25. The average molecular weight is 336 g/mol. The Morgan fingerprint density at radius 1 is 1.13 bits per heavy atom. The molecule has 0 saturated carbocycles. The summed E-state index contributed by atoms with van der Waals surface area (Å²) in [4.78, 5) is 4.67. The van der Waals surface area contributed by atoms with Crippen molar-refractivity contribution in [2.75, 3.05) is 34.7 Å². The summed E-state index contributed by atoms with van der Waals surface area (Å²) in [7, 11) is 8.74. The van der Waals surface area contributed by atoms with E-state index in [-0.39, 0.29) is 12.4 Å². The van der Waals surface area contributed by atoms with Crippen LogP contribution in [0.25, 0.3) is 10.9 Å². The molecule has 0 N–H and O–H groups in total. The van der Waals surface area contributed by atoms with Gasteiger partial charge in [0.1, 0.15) is 0 Å². The van der Waals surface area contributed by atoms with Crippen molar-refractivity contribution in [1.29, 1.82) is 0 Å². The van der Waals surface area contributed by atoms with Gasteiger partial charge < -0.3 is 14.4 Å². The molecule has 1 atom stereocenters. The van der Waals surface area contributed by atoms with Gasteiger partial charge in [-0.1, -0.05) is 18.2 Å². The van der Waals surface area contributed by atoms with Crippen LogP contribution >= 0.6 is 12.4 Å². The lowest BCUT2D eigenvalue weighted by atomic mass is 9.91. The predicted octanol–water partition coefficient (Wildman–Crippen LogP) is 3.43. The molecule has 1 aliphatic rings. The van der Waals surface area contributed by atoms with Crippen LogP contribution in [0.5, 0.6) is 0 Å². The quantitative estimate of drug-likeness (QED) is 0.829. The third-order valence-corrected chi connectivity index (χ3v) is 5.07. The van der Waals surface area contributed by atoms with Gasteiger partial charge in [-0.25, -0.2) is 0 Å². The highest BCUT2D eigenvalue weighted by Crippen LogP contribution is 2.33. The highest BCUT2D eigenvalue weighted by molar-refractivity contribution is 5.86. The summed E-state index contributed by atoms with van der Waals surface area (Å²) in [5, 5.41) is 1.48. The average Bonchev–Trinajstić information content (AvgIpc) is 2.81. The van der Waals surface area contributed by atoms with Crippen molar-refractivity contribution in [2.45, 2.75) is 38.3 Å². The smallest absolute Gasteiger partial charge is 0.0485 e. The van der Waals surface area contributed by atoms with Crippen LogP contribution in [0.3, 0.4) is 0 Å².